The van der Waals surface area contributed by atoms with Crippen LogP contribution >= 0.6 is 12.6 Å². The van der Waals surface area contributed by atoms with Crippen LogP contribution in [-0.2, 0) is 19.1 Å². The molecule has 0 fully saturated rings. The third kappa shape index (κ3) is 5.31. The highest BCUT2D eigenvalue weighted by molar-refractivity contribution is 7.96. The molecule has 6 nitrogen and oxygen atoms in total. The maximum Gasteiger partial charge on any atom is 0.318 e. The number of hydrogen-bond acceptors (Lipinski definition) is 5. The van der Waals surface area contributed by atoms with E-state index in [-0.39, 0.29) is 12.8 Å². The average molecular weight is 276 g/mol. The van der Waals surface area contributed by atoms with Gasteiger partial charge in [0, 0.05) is 12.8 Å². The Morgan fingerprint density at radius 1 is 1.00 bits per heavy atom. The summed E-state index contributed by atoms with van der Waals surface area (Å²) in [7, 11) is 0. The number of amides is 1. The van der Waals surface area contributed by atoms with Crippen LogP contribution in [0, 0.1) is 0 Å². The molecule has 0 rings (SSSR count). The van der Waals surface area contributed by atoms with E-state index < -0.39 is 29.6 Å². The van der Waals surface area contributed by atoms with Crippen molar-refractivity contribution in [2.45, 2.75) is 53.0 Å². The molecule has 7 heteroatoms. The van der Waals surface area contributed by atoms with E-state index in [1.54, 1.807) is 13.8 Å². The maximum absolute atomic E-state index is 11.3. The van der Waals surface area contributed by atoms with Gasteiger partial charge >= 0.3 is 17.2 Å². The summed E-state index contributed by atoms with van der Waals surface area (Å²) in [5.74, 6) is -0.921. The van der Waals surface area contributed by atoms with Crippen LogP contribution in [-0.4, -0.2) is 34.5 Å². The molecule has 2 atom stereocenters. The summed E-state index contributed by atoms with van der Waals surface area (Å²) in [6.45, 7) is 6.26. The first-order chi connectivity index (χ1) is 8.33. The van der Waals surface area contributed by atoms with Crippen LogP contribution in [0.4, 0.5) is 4.79 Å². The number of carbonyl (C=O) groups excluding carboxylic acids is 3. The minimum absolute atomic E-state index is 0.187. The van der Waals surface area contributed by atoms with Gasteiger partial charge in [0.25, 0.3) is 0 Å². The summed E-state index contributed by atoms with van der Waals surface area (Å²) in [4.78, 5) is 34.6. The second kappa shape index (κ2) is 7.86. The first kappa shape index (κ1) is 16.6. The predicted molar refractivity (Wildman–Crippen MR) is 66.5 cm³/mol. The van der Waals surface area contributed by atoms with Crippen molar-refractivity contribution in [1.82, 2.24) is 4.90 Å². The van der Waals surface area contributed by atoms with Crippen molar-refractivity contribution in [2.75, 3.05) is 0 Å². The molecule has 0 saturated heterocycles. The minimum atomic E-state index is -0.873. The van der Waals surface area contributed by atoms with Gasteiger partial charge in [-0.3, -0.25) is 19.3 Å². The zero-order valence-corrected chi connectivity index (χ0v) is 11.8. The molecular weight excluding hydrogens is 258 g/mol. The van der Waals surface area contributed by atoms with Crippen LogP contribution < -0.4 is 0 Å². The Morgan fingerprint density at radius 2 is 1.33 bits per heavy atom. The monoisotopic (exact) mass is 276 g/mol. The molecule has 0 saturated carbocycles. The summed E-state index contributed by atoms with van der Waals surface area (Å²) in [6, 6.07) is 0. The summed E-state index contributed by atoms with van der Waals surface area (Å²) in [5.41, 5.74) is 0. The lowest BCUT2D eigenvalue weighted by atomic mass is 10.4. The van der Waals surface area contributed by atoms with E-state index in [0.29, 0.717) is 0 Å². The Bertz CT molecular complexity index is 297. The van der Waals surface area contributed by atoms with Gasteiger partial charge in [0.2, 0.25) is 0 Å². The van der Waals surface area contributed by atoms with E-state index in [0.717, 1.165) is 4.90 Å². The molecule has 1 amide bonds. The molecule has 0 N–H and O–H groups in total. The molecule has 2 unspecified atom stereocenters. The molecule has 0 aliphatic carbocycles. The highest BCUT2D eigenvalue weighted by Gasteiger charge is 2.28. The molecule has 103 valence electrons. The first-order valence-electron chi connectivity index (χ1n) is 5.71. The number of rotatable bonds is 6. The van der Waals surface area contributed by atoms with Crippen LogP contribution in [0.2, 0.25) is 0 Å². The normalized spacial score (nSPS) is 13.3. The summed E-state index contributed by atoms with van der Waals surface area (Å²) in [6.07, 6.45) is -1.37. The largest absolute Gasteiger partial charge is 0.442 e. The van der Waals surface area contributed by atoms with E-state index in [1.807, 2.05) is 0 Å². The number of carbonyl (C=O) groups is 3. The highest BCUT2D eigenvalue weighted by Crippen LogP contribution is 2.13. The maximum atomic E-state index is 11.3. The van der Waals surface area contributed by atoms with Gasteiger partial charge < -0.3 is 9.47 Å². The van der Waals surface area contributed by atoms with Gasteiger partial charge in [-0.15, -0.1) is 0 Å². The molecule has 0 spiro atoms. The molecule has 0 heterocycles. The molecule has 1 radical (unpaired) electrons. The molecular formula is C11H18NO5S. The lowest BCUT2D eigenvalue weighted by Crippen LogP contribution is -2.46. The second-order valence-corrected chi connectivity index (χ2v) is 3.91. The second-order valence-electron chi connectivity index (χ2n) is 3.56. The third-order valence-corrected chi connectivity index (χ3v) is 2.39. The van der Waals surface area contributed by atoms with E-state index in [9.17, 15) is 14.4 Å². The van der Waals surface area contributed by atoms with E-state index >= 15 is 0 Å². The Labute approximate surface area is 112 Å². The average Bonchev–Trinajstić information content (AvgIpc) is 2.27. The van der Waals surface area contributed by atoms with Crippen LogP contribution in [0.3, 0.4) is 0 Å². The molecule has 0 bridgehead atoms. The number of hydrogen-bond donors (Lipinski definition) is 0. The number of nitrogens with zero attached hydrogens (tertiary/aromatic N) is 1. The van der Waals surface area contributed by atoms with Crippen LogP contribution in [0.1, 0.15) is 40.5 Å². The number of esters is 2. The van der Waals surface area contributed by atoms with Crippen molar-refractivity contribution in [3.8, 4) is 0 Å². The summed E-state index contributed by atoms with van der Waals surface area (Å²) in [5, 5.41) is -0.747. The fourth-order valence-electron chi connectivity index (χ4n) is 1.25. The molecule has 0 aromatic rings. The third-order valence-electron chi connectivity index (χ3n) is 2.18. The zero-order chi connectivity index (χ0) is 14.3. The number of ether oxygens (including phenoxy) is 2. The highest BCUT2D eigenvalue weighted by atomic mass is 32.1. The predicted octanol–water partition coefficient (Wildman–Crippen LogP) is 2.20. The van der Waals surface area contributed by atoms with Gasteiger partial charge in [0.05, 0.1) is 0 Å². The Morgan fingerprint density at radius 3 is 1.56 bits per heavy atom. The molecule has 0 aliphatic rings. The smallest absolute Gasteiger partial charge is 0.318 e. The molecule has 18 heavy (non-hydrogen) atoms. The fraction of sp³-hybridized carbons (Fsp3) is 0.727. The van der Waals surface area contributed by atoms with E-state index in [1.165, 1.54) is 13.8 Å². The van der Waals surface area contributed by atoms with Crippen molar-refractivity contribution in [3.05, 3.63) is 0 Å². The van der Waals surface area contributed by atoms with Crippen LogP contribution in [0.5, 0.6) is 0 Å². The lowest BCUT2D eigenvalue weighted by molar-refractivity contribution is -0.170. The van der Waals surface area contributed by atoms with Gasteiger partial charge in [0.15, 0.2) is 12.5 Å². The van der Waals surface area contributed by atoms with Crippen molar-refractivity contribution < 1.29 is 23.9 Å². The van der Waals surface area contributed by atoms with Crippen LogP contribution in [0.15, 0.2) is 0 Å². The Hall–Kier alpha value is -1.37. The van der Waals surface area contributed by atoms with Gasteiger partial charge in [-0.25, -0.2) is 0 Å². The van der Waals surface area contributed by atoms with Gasteiger partial charge in [-0.2, -0.15) is 0 Å². The lowest BCUT2D eigenvalue weighted by Gasteiger charge is -2.31. The van der Waals surface area contributed by atoms with E-state index in [2.05, 4.69) is 12.6 Å². The topological polar surface area (TPSA) is 72.9 Å². The van der Waals surface area contributed by atoms with Crippen LogP contribution in [0.25, 0.3) is 0 Å². The van der Waals surface area contributed by atoms with Crippen molar-refractivity contribution in [1.29, 1.82) is 0 Å². The Balaban J connectivity index is 4.68. The molecule has 0 aromatic heterocycles. The minimum Gasteiger partial charge on any atom is -0.442 e. The Kier molecular flexibility index (Phi) is 7.26. The SMILES string of the molecule is CCC(=O)OC(C)N(C(=O)[S])C(C)OC(=O)CC. The molecule has 0 aromatic carbocycles. The first-order valence-corrected chi connectivity index (χ1v) is 6.12. The van der Waals surface area contributed by atoms with Gasteiger partial charge in [-0.1, -0.05) is 13.8 Å². The van der Waals surface area contributed by atoms with Crippen molar-refractivity contribution >= 4 is 29.8 Å². The van der Waals surface area contributed by atoms with Crippen molar-refractivity contribution in [3.63, 3.8) is 0 Å². The van der Waals surface area contributed by atoms with Gasteiger partial charge in [0.1, 0.15) is 0 Å². The quantitative estimate of drug-likeness (QED) is 0.549. The van der Waals surface area contributed by atoms with Crippen molar-refractivity contribution in [2.24, 2.45) is 0 Å². The fourth-order valence-corrected chi connectivity index (χ4v) is 1.55. The standard InChI is InChI=1S/C11H18NO5S/c1-5-9(13)16-7(3)12(11(15)18)8(4)17-10(14)6-2/h7-8H,5-6H2,1-4H3. The summed E-state index contributed by atoms with van der Waals surface area (Å²) < 4.78 is 9.94. The zero-order valence-electron chi connectivity index (χ0n) is 11.0. The van der Waals surface area contributed by atoms with Gasteiger partial charge in [-0.05, 0) is 26.5 Å². The van der Waals surface area contributed by atoms with E-state index in [4.69, 9.17) is 9.47 Å². The molecule has 0 aliphatic heterocycles. The summed E-state index contributed by atoms with van der Waals surface area (Å²) >= 11 is 4.54.